The summed E-state index contributed by atoms with van der Waals surface area (Å²) in [5.41, 5.74) is 0. The lowest BCUT2D eigenvalue weighted by Crippen LogP contribution is -2.55. The summed E-state index contributed by atoms with van der Waals surface area (Å²) in [6.07, 6.45) is 3.01. The predicted octanol–water partition coefficient (Wildman–Crippen LogP) is -2.68. The minimum Gasteiger partial charge on any atom is -0.395 e. The van der Waals surface area contributed by atoms with Crippen LogP contribution in [0.4, 0.5) is 0 Å². The zero-order valence-electron chi connectivity index (χ0n) is 15.8. The van der Waals surface area contributed by atoms with Crippen molar-refractivity contribution in [3.05, 3.63) is 0 Å². The van der Waals surface area contributed by atoms with Crippen molar-refractivity contribution in [1.82, 2.24) is 18.4 Å². The van der Waals surface area contributed by atoms with Gasteiger partial charge in [0.05, 0.1) is 31.2 Å². The van der Waals surface area contributed by atoms with Gasteiger partial charge in [0.25, 0.3) is 0 Å². The number of aldehydes is 1. The van der Waals surface area contributed by atoms with Crippen LogP contribution in [-0.2, 0) is 24.8 Å². The van der Waals surface area contributed by atoms with E-state index in [1.165, 1.54) is 14.9 Å². The maximum Gasteiger partial charge on any atom is 0.211 e. The van der Waals surface area contributed by atoms with Crippen LogP contribution in [0.2, 0.25) is 0 Å². The largest absolute Gasteiger partial charge is 0.395 e. The zero-order valence-corrected chi connectivity index (χ0v) is 17.4. The number of piperazine rings is 2. The molecule has 2 rings (SSSR count). The van der Waals surface area contributed by atoms with Gasteiger partial charge in [0.15, 0.2) is 0 Å². The Balaban J connectivity index is 0.000000260. The Labute approximate surface area is 156 Å². The molecular weight excluding hydrogens is 384 g/mol. The molecule has 2 saturated heterocycles. The summed E-state index contributed by atoms with van der Waals surface area (Å²) >= 11 is 0. The highest BCUT2D eigenvalue weighted by Crippen LogP contribution is 2.12. The molecule has 2 heterocycles. The number of likely N-dealkylation sites (N-methyl/N-ethyl adjacent to an activating group) is 2. The lowest BCUT2D eigenvalue weighted by atomic mass is 10.2. The molecule has 26 heavy (non-hydrogen) atoms. The summed E-state index contributed by atoms with van der Waals surface area (Å²) in [7, 11) is -2.61. The van der Waals surface area contributed by atoms with Crippen LogP contribution in [0, 0.1) is 0 Å². The molecule has 0 amide bonds. The lowest BCUT2D eigenvalue weighted by molar-refractivity contribution is -0.112. The van der Waals surface area contributed by atoms with Crippen LogP contribution < -0.4 is 0 Å². The lowest BCUT2D eigenvalue weighted by Gasteiger charge is -2.37. The van der Waals surface area contributed by atoms with Crippen LogP contribution >= 0.6 is 0 Å². The first kappa shape index (κ1) is 23.4. The van der Waals surface area contributed by atoms with Gasteiger partial charge in [0.1, 0.15) is 6.29 Å². The molecule has 2 aliphatic rings. The smallest absolute Gasteiger partial charge is 0.211 e. The number of aliphatic hydroxyl groups excluding tert-OH is 1. The summed E-state index contributed by atoms with van der Waals surface area (Å²) in [6, 6.07) is -0.803. The van der Waals surface area contributed by atoms with Gasteiger partial charge in [-0.05, 0) is 14.1 Å². The monoisotopic (exact) mass is 414 g/mol. The second-order valence-corrected chi connectivity index (χ2v) is 10.7. The molecule has 1 N–H and O–H groups in total. The summed E-state index contributed by atoms with van der Waals surface area (Å²) in [5.74, 6) is 0. The van der Waals surface area contributed by atoms with Gasteiger partial charge in [-0.3, -0.25) is 0 Å². The van der Waals surface area contributed by atoms with E-state index in [0.29, 0.717) is 39.0 Å². The third kappa shape index (κ3) is 6.83. The Morgan fingerprint density at radius 3 is 1.77 bits per heavy atom. The molecule has 0 radical (unpaired) electrons. The van der Waals surface area contributed by atoms with Gasteiger partial charge in [0, 0.05) is 39.3 Å². The van der Waals surface area contributed by atoms with Crippen LogP contribution in [0.15, 0.2) is 0 Å². The number of carbonyl (C=O) groups is 1. The van der Waals surface area contributed by atoms with E-state index in [9.17, 15) is 21.6 Å². The van der Waals surface area contributed by atoms with E-state index in [2.05, 4.69) is 0 Å². The number of rotatable bonds is 4. The normalized spacial score (nSPS) is 27.6. The van der Waals surface area contributed by atoms with E-state index < -0.39 is 26.1 Å². The molecule has 0 aromatic carbocycles. The fourth-order valence-electron chi connectivity index (χ4n) is 3.04. The first-order chi connectivity index (χ1) is 11.9. The molecule has 10 nitrogen and oxygen atoms in total. The van der Waals surface area contributed by atoms with Gasteiger partial charge in [-0.25, -0.2) is 16.8 Å². The van der Waals surface area contributed by atoms with Crippen molar-refractivity contribution >= 4 is 26.3 Å². The standard InChI is InChI=1S/C7H16N2O3S.C7H14N2O3S/c2*1-8-3-4-9(13(2,11)12)7(5-8)6-10/h7,10H,3-6H2,1-2H3;6-7H,3-5H2,1-2H3. The summed E-state index contributed by atoms with van der Waals surface area (Å²) < 4.78 is 47.6. The van der Waals surface area contributed by atoms with Gasteiger partial charge in [0.2, 0.25) is 20.0 Å². The van der Waals surface area contributed by atoms with Gasteiger partial charge in [-0.2, -0.15) is 8.61 Å². The maximum atomic E-state index is 11.3. The number of carbonyl (C=O) groups excluding carboxylic acids is 1. The molecule has 154 valence electrons. The molecule has 0 aromatic rings. The summed E-state index contributed by atoms with van der Waals surface area (Å²) in [4.78, 5) is 14.6. The van der Waals surface area contributed by atoms with E-state index in [4.69, 9.17) is 5.11 Å². The quantitative estimate of drug-likeness (QED) is 0.494. The van der Waals surface area contributed by atoms with Crippen LogP contribution in [0.1, 0.15) is 0 Å². The van der Waals surface area contributed by atoms with Crippen LogP contribution in [0.3, 0.4) is 0 Å². The van der Waals surface area contributed by atoms with Crippen molar-refractivity contribution in [2.45, 2.75) is 12.1 Å². The molecule has 2 aliphatic heterocycles. The van der Waals surface area contributed by atoms with Gasteiger partial charge < -0.3 is 19.7 Å². The van der Waals surface area contributed by atoms with E-state index >= 15 is 0 Å². The van der Waals surface area contributed by atoms with E-state index in [1.807, 2.05) is 23.9 Å². The highest BCUT2D eigenvalue weighted by atomic mass is 32.2. The van der Waals surface area contributed by atoms with Crippen molar-refractivity contribution in [2.75, 3.05) is 72.5 Å². The number of nitrogens with zero attached hydrogens (tertiary/aromatic N) is 4. The molecule has 2 fully saturated rings. The minimum absolute atomic E-state index is 0.114. The first-order valence-electron chi connectivity index (χ1n) is 8.27. The van der Waals surface area contributed by atoms with E-state index in [1.54, 1.807) is 0 Å². The summed E-state index contributed by atoms with van der Waals surface area (Å²) in [6.45, 7) is 3.25. The van der Waals surface area contributed by atoms with Gasteiger partial charge >= 0.3 is 0 Å². The molecular formula is C14H30N4O6S2. The Morgan fingerprint density at radius 1 is 0.885 bits per heavy atom. The van der Waals surface area contributed by atoms with Gasteiger partial charge in [-0.1, -0.05) is 0 Å². The number of hydrogen-bond donors (Lipinski definition) is 1. The molecule has 0 saturated carbocycles. The topological polar surface area (TPSA) is 119 Å². The number of sulfonamides is 2. The van der Waals surface area contributed by atoms with Crippen molar-refractivity contribution in [1.29, 1.82) is 0 Å². The second-order valence-electron chi connectivity index (χ2n) is 6.81. The number of aliphatic hydroxyl groups is 1. The van der Waals surface area contributed by atoms with E-state index in [0.717, 1.165) is 12.8 Å². The molecule has 2 unspecified atom stereocenters. The fraction of sp³-hybridized carbons (Fsp3) is 0.929. The molecule has 0 aliphatic carbocycles. The molecule has 0 bridgehead atoms. The Morgan fingerprint density at radius 2 is 1.35 bits per heavy atom. The second kappa shape index (κ2) is 9.53. The van der Waals surface area contributed by atoms with Crippen molar-refractivity contribution in [2.24, 2.45) is 0 Å². The third-order valence-electron chi connectivity index (χ3n) is 4.42. The van der Waals surface area contributed by atoms with E-state index in [-0.39, 0.29) is 12.6 Å². The third-order valence-corrected chi connectivity index (χ3v) is 7.06. The Bertz CT molecular complexity index is 669. The van der Waals surface area contributed by atoms with Crippen molar-refractivity contribution in [3.8, 4) is 0 Å². The SMILES string of the molecule is CN1CCN(S(C)(=O)=O)C(C=O)C1.CN1CCN(S(C)(=O)=O)C(CO)C1. The van der Waals surface area contributed by atoms with Crippen LogP contribution in [0.5, 0.6) is 0 Å². The average Bonchev–Trinajstić information content (AvgIpc) is 2.52. The average molecular weight is 415 g/mol. The summed E-state index contributed by atoms with van der Waals surface area (Å²) in [5, 5.41) is 9.01. The fourth-order valence-corrected chi connectivity index (χ4v) is 5.15. The molecule has 12 heteroatoms. The molecule has 0 aromatic heterocycles. The molecule has 0 spiro atoms. The Hall–Kier alpha value is -0.630. The predicted molar refractivity (Wildman–Crippen MR) is 98.8 cm³/mol. The maximum absolute atomic E-state index is 11.3. The minimum atomic E-state index is -3.24. The Kier molecular flexibility index (Phi) is 8.58. The van der Waals surface area contributed by atoms with Crippen LogP contribution in [-0.4, -0.2) is 131 Å². The van der Waals surface area contributed by atoms with Gasteiger partial charge in [-0.15, -0.1) is 0 Å². The first-order valence-corrected chi connectivity index (χ1v) is 12.0. The van der Waals surface area contributed by atoms with Crippen molar-refractivity contribution in [3.63, 3.8) is 0 Å². The highest BCUT2D eigenvalue weighted by molar-refractivity contribution is 7.88. The van der Waals surface area contributed by atoms with Crippen LogP contribution in [0.25, 0.3) is 0 Å². The zero-order chi connectivity index (χ0) is 20.1. The number of hydrogen-bond acceptors (Lipinski definition) is 8. The molecule has 2 atom stereocenters. The highest BCUT2D eigenvalue weighted by Gasteiger charge is 2.31. The van der Waals surface area contributed by atoms with Crippen molar-refractivity contribution < 1.29 is 26.7 Å².